The summed E-state index contributed by atoms with van der Waals surface area (Å²) in [7, 11) is 1.65. The minimum Gasteiger partial charge on any atom is -0.497 e. The molecule has 0 aromatic heterocycles. The van der Waals surface area contributed by atoms with E-state index in [4.69, 9.17) is 4.74 Å². The molecule has 1 aliphatic carbocycles. The number of benzene rings is 2. The SMILES string of the molecule is CC1CCCCCC1.CCC/C=C(/CCC(=O)Cc1cccc(OC)c1)c1ccccc1C.[HH]. The van der Waals surface area contributed by atoms with Crippen molar-refractivity contribution in [1.82, 2.24) is 0 Å². The van der Waals surface area contributed by atoms with Crippen LogP contribution in [0.25, 0.3) is 5.57 Å². The summed E-state index contributed by atoms with van der Waals surface area (Å²) < 4.78 is 5.23. The summed E-state index contributed by atoms with van der Waals surface area (Å²) >= 11 is 0. The number of methoxy groups -OCH3 is 1. The van der Waals surface area contributed by atoms with Gasteiger partial charge in [-0.15, -0.1) is 0 Å². The third kappa shape index (κ3) is 10.4. The first kappa shape index (κ1) is 26.9. The number of hydrogen-bond donors (Lipinski definition) is 0. The van der Waals surface area contributed by atoms with E-state index in [1.807, 2.05) is 24.3 Å². The van der Waals surface area contributed by atoms with Gasteiger partial charge in [0.25, 0.3) is 0 Å². The zero-order valence-corrected chi connectivity index (χ0v) is 21.4. The molecule has 1 fully saturated rings. The smallest absolute Gasteiger partial charge is 0.137 e. The standard InChI is InChI=1S/C23H28O2.C8H16.H2/c1-4-5-11-20(23-13-7-6-9-18(23)2)14-15-21(24)16-19-10-8-12-22(17-19)25-3;1-8-6-4-2-3-5-7-8;/h6-13,17H,4-5,14-16H2,1-3H3;8H,2-7H2,1H3;1H/b20-11-;;. The molecule has 0 amide bonds. The van der Waals surface area contributed by atoms with Crippen LogP contribution in [-0.4, -0.2) is 12.9 Å². The zero-order chi connectivity index (χ0) is 23.9. The lowest BCUT2D eigenvalue weighted by molar-refractivity contribution is -0.118. The Labute approximate surface area is 203 Å². The Balaban J connectivity index is 0.000000543. The lowest BCUT2D eigenvalue weighted by atomic mass is 9.94. The maximum atomic E-state index is 12.4. The van der Waals surface area contributed by atoms with Gasteiger partial charge in [0, 0.05) is 14.3 Å². The van der Waals surface area contributed by atoms with E-state index >= 15 is 0 Å². The van der Waals surface area contributed by atoms with Gasteiger partial charge in [-0.3, -0.25) is 4.79 Å². The average Bonchev–Trinajstić information content (AvgIpc) is 3.08. The summed E-state index contributed by atoms with van der Waals surface area (Å²) in [6.45, 7) is 6.69. The van der Waals surface area contributed by atoms with E-state index in [1.54, 1.807) is 7.11 Å². The molecule has 0 heterocycles. The van der Waals surface area contributed by atoms with Crippen LogP contribution in [-0.2, 0) is 11.2 Å². The van der Waals surface area contributed by atoms with E-state index in [0.29, 0.717) is 12.8 Å². The summed E-state index contributed by atoms with van der Waals surface area (Å²) in [6, 6.07) is 16.2. The topological polar surface area (TPSA) is 26.3 Å². The number of carbonyl (C=O) groups excluding carboxylic acids is 1. The van der Waals surface area contributed by atoms with Crippen LogP contribution >= 0.6 is 0 Å². The minimum absolute atomic E-state index is 0. The van der Waals surface area contributed by atoms with Crippen molar-refractivity contribution in [2.45, 2.75) is 91.4 Å². The quantitative estimate of drug-likeness (QED) is 0.356. The molecule has 0 aliphatic heterocycles. The van der Waals surface area contributed by atoms with Crippen molar-refractivity contribution in [2.75, 3.05) is 7.11 Å². The highest BCUT2D eigenvalue weighted by Gasteiger charge is 2.10. The number of aryl methyl sites for hydroxylation is 1. The average molecular weight is 451 g/mol. The molecule has 1 saturated carbocycles. The summed E-state index contributed by atoms with van der Waals surface area (Å²) in [6.07, 6.45) is 15.2. The number of ketones is 1. The van der Waals surface area contributed by atoms with Gasteiger partial charge in [0.2, 0.25) is 0 Å². The van der Waals surface area contributed by atoms with Crippen LogP contribution in [0.3, 0.4) is 0 Å². The summed E-state index contributed by atoms with van der Waals surface area (Å²) in [4.78, 5) is 12.4. The maximum Gasteiger partial charge on any atom is 0.137 e. The van der Waals surface area contributed by atoms with Gasteiger partial charge in [0.15, 0.2) is 0 Å². The van der Waals surface area contributed by atoms with E-state index in [9.17, 15) is 4.79 Å². The van der Waals surface area contributed by atoms with Crippen LogP contribution < -0.4 is 4.74 Å². The molecule has 2 aromatic carbocycles. The molecule has 2 nitrogen and oxygen atoms in total. The molecule has 0 radical (unpaired) electrons. The van der Waals surface area contributed by atoms with E-state index in [2.05, 4.69) is 51.1 Å². The van der Waals surface area contributed by atoms with E-state index in [0.717, 1.165) is 36.5 Å². The number of ether oxygens (including phenoxy) is 1. The Bertz CT molecular complexity index is 863. The molecule has 182 valence electrons. The van der Waals surface area contributed by atoms with Crippen molar-refractivity contribution in [1.29, 1.82) is 0 Å². The number of hydrogen-bond acceptors (Lipinski definition) is 2. The van der Waals surface area contributed by atoms with Crippen LogP contribution in [0.15, 0.2) is 54.6 Å². The highest BCUT2D eigenvalue weighted by atomic mass is 16.5. The molecule has 2 heteroatoms. The molecular weight excluding hydrogens is 404 g/mol. The highest BCUT2D eigenvalue weighted by molar-refractivity contribution is 5.83. The normalized spacial score (nSPS) is 14.7. The summed E-state index contributed by atoms with van der Waals surface area (Å²) in [5, 5.41) is 0. The first-order chi connectivity index (χ1) is 16.0. The monoisotopic (exact) mass is 450 g/mol. The van der Waals surface area contributed by atoms with Gasteiger partial charge >= 0.3 is 0 Å². The Morgan fingerprint density at radius 1 is 1.03 bits per heavy atom. The fourth-order valence-corrected chi connectivity index (χ4v) is 4.45. The number of rotatable bonds is 9. The second-order valence-corrected chi connectivity index (χ2v) is 9.50. The van der Waals surface area contributed by atoms with E-state index < -0.39 is 0 Å². The first-order valence-electron chi connectivity index (χ1n) is 12.9. The second kappa shape index (κ2) is 15.5. The van der Waals surface area contributed by atoms with Crippen LogP contribution in [0, 0.1) is 12.8 Å². The lowest BCUT2D eigenvalue weighted by Gasteiger charge is -2.11. The fraction of sp³-hybridized carbons (Fsp3) is 0.516. The Morgan fingerprint density at radius 2 is 1.76 bits per heavy atom. The predicted octanol–water partition coefficient (Wildman–Crippen LogP) is 9.00. The Hall–Kier alpha value is -2.35. The zero-order valence-electron chi connectivity index (χ0n) is 21.4. The molecule has 1 aliphatic rings. The van der Waals surface area contributed by atoms with Crippen molar-refractivity contribution in [3.63, 3.8) is 0 Å². The third-order valence-corrected chi connectivity index (χ3v) is 6.52. The third-order valence-electron chi connectivity index (χ3n) is 6.52. The Morgan fingerprint density at radius 3 is 2.42 bits per heavy atom. The van der Waals surface area contributed by atoms with Gasteiger partial charge in [-0.05, 0) is 60.1 Å². The van der Waals surface area contributed by atoms with Gasteiger partial charge in [0.05, 0.1) is 7.11 Å². The number of Topliss-reactive ketones (excluding diaryl/α,β-unsaturated/α-hetero) is 1. The van der Waals surface area contributed by atoms with Gasteiger partial charge in [0.1, 0.15) is 11.5 Å². The molecule has 33 heavy (non-hydrogen) atoms. The largest absolute Gasteiger partial charge is 0.497 e. The van der Waals surface area contributed by atoms with Crippen LogP contribution in [0.2, 0.25) is 0 Å². The molecular formula is C31H46O2. The fourth-order valence-electron chi connectivity index (χ4n) is 4.45. The van der Waals surface area contributed by atoms with Crippen molar-refractivity contribution < 1.29 is 11.0 Å². The second-order valence-electron chi connectivity index (χ2n) is 9.50. The minimum atomic E-state index is 0. The van der Waals surface area contributed by atoms with Crippen LogP contribution in [0.1, 0.15) is 96.2 Å². The molecule has 2 aromatic rings. The van der Waals surface area contributed by atoms with E-state index in [-0.39, 0.29) is 7.21 Å². The van der Waals surface area contributed by atoms with Crippen molar-refractivity contribution in [3.8, 4) is 5.75 Å². The summed E-state index contributed by atoms with van der Waals surface area (Å²) in [5.41, 5.74) is 4.84. The molecule has 0 unspecified atom stereocenters. The van der Waals surface area contributed by atoms with Crippen molar-refractivity contribution >= 4 is 11.4 Å². The highest BCUT2D eigenvalue weighted by Crippen LogP contribution is 2.25. The number of allylic oxidation sites excluding steroid dienone is 2. The molecule has 3 rings (SSSR count). The maximum absolute atomic E-state index is 12.4. The molecule has 0 atom stereocenters. The predicted molar refractivity (Wildman–Crippen MR) is 144 cm³/mol. The van der Waals surface area contributed by atoms with Gasteiger partial charge < -0.3 is 4.74 Å². The molecule has 0 bridgehead atoms. The number of carbonyl (C=O) groups is 1. The van der Waals surface area contributed by atoms with Gasteiger partial charge in [-0.25, -0.2) is 0 Å². The van der Waals surface area contributed by atoms with Crippen LogP contribution in [0.4, 0.5) is 0 Å². The molecule has 0 N–H and O–H groups in total. The van der Waals surface area contributed by atoms with Crippen molar-refractivity contribution in [2.24, 2.45) is 5.92 Å². The van der Waals surface area contributed by atoms with Crippen molar-refractivity contribution in [3.05, 3.63) is 71.3 Å². The lowest BCUT2D eigenvalue weighted by Crippen LogP contribution is -2.03. The summed E-state index contributed by atoms with van der Waals surface area (Å²) in [5.74, 6) is 2.09. The number of unbranched alkanes of at least 4 members (excludes halogenated alkanes) is 1. The van der Waals surface area contributed by atoms with Crippen LogP contribution in [0.5, 0.6) is 5.75 Å². The van der Waals surface area contributed by atoms with Gasteiger partial charge in [-0.2, -0.15) is 0 Å². The Kier molecular flexibility index (Phi) is 12.6. The molecule has 0 spiro atoms. The molecule has 0 saturated heterocycles. The van der Waals surface area contributed by atoms with E-state index in [1.165, 1.54) is 55.2 Å². The van der Waals surface area contributed by atoms with Gasteiger partial charge in [-0.1, -0.05) is 101 Å². The first-order valence-corrected chi connectivity index (χ1v) is 12.9.